The molecule has 13 heavy (non-hydrogen) atoms. The Morgan fingerprint density at radius 2 is 2.00 bits per heavy atom. The molecular weight excluding hydrogens is 166 g/mol. The Kier molecular flexibility index (Phi) is 4.70. The second-order valence-corrected chi connectivity index (χ2v) is 3.99. The molecule has 1 saturated heterocycles. The van der Waals surface area contributed by atoms with Crippen molar-refractivity contribution < 1.29 is 10.2 Å². The van der Waals surface area contributed by atoms with Crippen molar-refractivity contribution in [2.45, 2.75) is 32.3 Å². The van der Waals surface area contributed by atoms with Gasteiger partial charge in [-0.25, -0.2) is 0 Å². The average molecular weight is 187 g/mol. The molecule has 0 aromatic rings. The Balaban J connectivity index is 2.17. The lowest BCUT2D eigenvalue weighted by Crippen LogP contribution is -2.39. The predicted molar refractivity (Wildman–Crippen MR) is 52.5 cm³/mol. The summed E-state index contributed by atoms with van der Waals surface area (Å²) in [6, 6.07) is 0. The minimum atomic E-state index is -0.557. The van der Waals surface area contributed by atoms with Gasteiger partial charge in [0.25, 0.3) is 0 Å². The van der Waals surface area contributed by atoms with Crippen LogP contribution in [0.1, 0.15) is 26.2 Å². The molecule has 1 heterocycles. The van der Waals surface area contributed by atoms with Gasteiger partial charge < -0.3 is 15.1 Å². The monoisotopic (exact) mass is 187 g/mol. The highest BCUT2D eigenvalue weighted by Gasteiger charge is 2.19. The number of β-amino-alcohol motifs (C(OH)–C–C–N with tert-alkyl or cyclic N) is 1. The van der Waals surface area contributed by atoms with E-state index in [0.717, 1.165) is 19.0 Å². The number of hydrogen-bond acceptors (Lipinski definition) is 3. The number of aliphatic hydroxyl groups excluding tert-OH is 2. The lowest BCUT2D eigenvalue weighted by Gasteiger charge is -2.32. The number of piperidine rings is 1. The van der Waals surface area contributed by atoms with Crippen molar-refractivity contribution in [1.82, 2.24) is 4.90 Å². The van der Waals surface area contributed by atoms with Crippen LogP contribution < -0.4 is 0 Å². The van der Waals surface area contributed by atoms with Gasteiger partial charge >= 0.3 is 0 Å². The van der Waals surface area contributed by atoms with E-state index in [9.17, 15) is 5.11 Å². The second kappa shape index (κ2) is 5.58. The molecule has 0 bridgehead atoms. The molecule has 0 aromatic heterocycles. The van der Waals surface area contributed by atoms with E-state index < -0.39 is 6.10 Å². The van der Waals surface area contributed by atoms with E-state index >= 15 is 0 Å². The Morgan fingerprint density at radius 3 is 2.46 bits per heavy atom. The molecule has 0 amide bonds. The summed E-state index contributed by atoms with van der Waals surface area (Å²) >= 11 is 0. The van der Waals surface area contributed by atoms with Crippen LogP contribution in [0, 0.1) is 5.92 Å². The molecule has 78 valence electrons. The van der Waals surface area contributed by atoms with Crippen LogP contribution in [0.15, 0.2) is 0 Å². The third-order valence-corrected chi connectivity index (χ3v) is 2.96. The molecular formula is C10H21NO2. The van der Waals surface area contributed by atoms with Crippen molar-refractivity contribution in [1.29, 1.82) is 0 Å². The molecule has 0 saturated carbocycles. The fourth-order valence-corrected chi connectivity index (χ4v) is 1.93. The molecule has 1 fully saturated rings. The molecule has 1 rings (SSSR count). The first-order chi connectivity index (χ1) is 6.26. The van der Waals surface area contributed by atoms with Gasteiger partial charge in [0.2, 0.25) is 0 Å². The number of nitrogens with zero attached hydrogens (tertiary/aromatic N) is 1. The van der Waals surface area contributed by atoms with Crippen molar-refractivity contribution in [2.24, 2.45) is 5.92 Å². The summed E-state index contributed by atoms with van der Waals surface area (Å²) in [5.74, 6) is 0.877. The quantitative estimate of drug-likeness (QED) is 0.672. The summed E-state index contributed by atoms with van der Waals surface area (Å²) in [7, 11) is 0. The highest BCUT2D eigenvalue weighted by atomic mass is 16.3. The summed E-state index contributed by atoms with van der Waals surface area (Å²) in [6.45, 7) is 4.91. The third-order valence-electron chi connectivity index (χ3n) is 2.96. The minimum absolute atomic E-state index is 0.117. The van der Waals surface area contributed by atoms with Crippen molar-refractivity contribution in [3.63, 3.8) is 0 Å². The molecule has 0 radical (unpaired) electrons. The normalized spacial score (nSPS) is 23.3. The van der Waals surface area contributed by atoms with E-state index in [1.165, 1.54) is 19.3 Å². The van der Waals surface area contributed by atoms with Crippen molar-refractivity contribution in [3.05, 3.63) is 0 Å². The van der Waals surface area contributed by atoms with E-state index in [0.29, 0.717) is 6.54 Å². The maximum absolute atomic E-state index is 9.24. The van der Waals surface area contributed by atoms with Gasteiger partial charge in [-0.3, -0.25) is 0 Å². The SMILES string of the molecule is CCC1CCN(CC(O)CO)CC1. The number of likely N-dealkylation sites (tertiary alicyclic amines) is 1. The topological polar surface area (TPSA) is 43.7 Å². The number of hydrogen-bond donors (Lipinski definition) is 2. The molecule has 3 heteroatoms. The van der Waals surface area contributed by atoms with Gasteiger partial charge in [0.05, 0.1) is 12.7 Å². The maximum Gasteiger partial charge on any atom is 0.0897 e. The first kappa shape index (κ1) is 11.0. The maximum atomic E-state index is 9.24. The smallest absolute Gasteiger partial charge is 0.0897 e. The van der Waals surface area contributed by atoms with Crippen LogP contribution in [0.4, 0.5) is 0 Å². The van der Waals surface area contributed by atoms with Crippen LogP contribution >= 0.6 is 0 Å². The summed E-state index contributed by atoms with van der Waals surface area (Å²) in [4.78, 5) is 2.24. The van der Waals surface area contributed by atoms with E-state index in [1.807, 2.05) is 0 Å². The first-order valence-corrected chi connectivity index (χ1v) is 5.27. The number of rotatable bonds is 4. The molecule has 1 aliphatic heterocycles. The second-order valence-electron chi connectivity index (χ2n) is 3.99. The van der Waals surface area contributed by atoms with Crippen LogP contribution in [-0.4, -0.2) is 47.5 Å². The van der Waals surface area contributed by atoms with Gasteiger partial charge in [0, 0.05) is 6.54 Å². The Morgan fingerprint density at radius 1 is 1.38 bits per heavy atom. The summed E-state index contributed by atoms with van der Waals surface area (Å²) in [6.07, 6.45) is 3.21. The average Bonchev–Trinajstić information content (AvgIpc) is 2.19. The van der Waals surface area contributed by atoms with Gasteiger partial charge in [-0.1, -0.05) is 13.3 Å². The molecule has 3 nitrogen and oxygen atoms in total. The summed E-state index contributed by atoms with van der Waals surface area (Å²) < 4.78 is 0. The molecule has 2 N–H and O–H groups in total. The standard InChI is InChI=1S/C10H21NO2/c1-2-9-3-5-11(6-4-9)7-10(13)8-12/h9-10,12-13H,2-8H2,1H3. The Bertz CT molecular complexity index is 133. The molecule has 0 aromatic carbocycles. The van der Waals surface area contributed by atoms with Crippen LogP contribution in [-0.2, 0) is 0 Å². The van der Waals surface area contributed by atoms with Gasteiger partial charge in [-0.15, -0.1) is 0 Å². The number of aliphatic hydroxyl groups is 2. The van der Waals surface area contributed by atoms with E-state index in [4.69, 9.17) is 5.11 Å². The van der Waals surface area contributed by atoms with Crippen LogP contribution in [0.5, 0.6) is 0 Å². The van der Waals surface area contributed by atoms with Crippen LogP contribution in [0.2, 0.25) is 0 Å². The Labute approximate surface area is 80.4 Å². The van der Waals surface area contributed by atoms with Gasteiger partial charge in [-0.2, -0.15) is 0 Å². The largest absolute Gasteiger partial charge is 0.394 e. The van der Waals surface area contributed by atoms with Crippen LogP contribution in [0.3, 0.4) is 0 Å². The zero-order valence-corrected chi connectivity index (χ0v) is 8.45. The van der Waals surface area contributed by atoms with Gasteiger partial charge in [0.15, 0.2) is 0 Å². The lowest BCUT2D eigenvalue weighted by molar-refractivity contribution is 0.0472. The van der Waals surface area contributed by atoms with Crippen LogP contribution in [0.25, 0.3) is 0 Å². The molecule has 1 aliphatic rings. The van der Waals surface area contributed by atoms with Crippen molar-refractivity contribution >= 4 is 0 Å². The van der Waals surface area contributed by atoms with Crippen molar-refractivity contribution in [2.75, 3.05) is 26.2 Å². The predicted octanol–water partition coefficient (Wildman–Crippen LogP) is 0.462. The molecule has 0 spiro atoms. The highest BCUT2D eigenvalue weighted by molar-refractivity contribution is 4.73. The lowest BCUT2D eigenvalue weighted by atomic mass is 9.94. The van der Waals surface area contributed by atoms with E-state index in [2.05, 4.69) is 11.8 Å². The minimum Gasteiger partial charge on any atom is -0.394 e. The van der Waals surface area contributed by atoms with E-state index in [1.54, 1.807) is 0 Å². The molecule has 1 atom stereocenters. The highest BCUT2D eigenvalue weighted by Crippen LogP contribution is 2.19. The molecule has 0 aliphatic carbocycles. The van der Waals surface area contributed by atoms with E-state index in [-0.39, 0.29) is 6.61 Å². The summed E-state index contributed by atoms with van der Waals surface area (Å²) in [5.41, 5.74) is 0. The first-order valence-electron chi connectivity index (χ1n) is 5.27. The van der Waals surface area contributed by atoms with Crippen molar-refractivity contribution in [3.8, 4) is 0 Å². The zero-order valence-electron chi connectivity index (χ0n) is 8.45. The van der Waals surface area contributed by atoms with Gasteiger partial charge in [-0.05, 0) is 31.8 Å². The summed E-state index contributed by atoms with van der Waals surface area (Å²) in [5, 5.41) is 17.9. The fourth-order valence-electron chi connectivity index (χ4n) is 1.93. The molecule has 1 unspecified atom stereocenters. The zero-order chi connectivity index (χ0) is 9.68. The Hall–Kier alpha value is -0.120. The third kappa shape index (κ3) is 3.63. The fraction of sp³-hybridized carbons (Fsp3) is 1.00. The van der Waals surface area contributed by atoms with Gasteiger partial charge in [0.1, 0.15) is 0 Å².